The second-order valence-electron chi connectivity index (χ2n) is 5.08. The van der Waals surface area contributed by atoms with Crippen molar-refractivity contribution in [2.24, 2.45) is 0 Å². The predicted molar refractivity (Wildman–Crippen MR) is 62.7 cm³/mol. The van der Waals surface area contributed by atoms with E-state index in [0.717, 1.165) is 25.9 Å². The SMILES string of the molecule is O=C(CC(F)(F)F)N1CCCC(N2CCOCC2)C1. The van der Waals surface area contributed by atoms with Crippen LogP contribution < -0.4 is 0 Å². The first-order valence-electron chi connectivity index (χ1n) is 6.62. The molecule has 110 valence electrons. The van der Waals surface area contributed by atoms with Gasteiger partial charge >= 0.3 is 6.18 Å². The van der Waals surface area contributed by atoms with E-state index in [2.05, 4.69) is 4.90 Å². The molecule has 0 aromatic heterocycles. The van der Waals surface area contributed by atoms with E-state index in [4.69, 9.17) is 4.74 Å². The summed E-state index contributed by atoms with van der Waals surface area (Å²) in [6, 6.07) is 0.176. The van der Waals surface area contributed by atoms with Gasteiger partial charge in [-0.15, -0.1) is 0 Å². The molecule has 1 atom stereocenters. The summed E-state index contributed by atoms with van der Waals surface area (Å²) in [7, 11) is 0. The van der Waals surface area contributed by atoms with Crippen molar-refractivity contribution in [3.05, 3.63) is 0 Å². The topological polar surface area (TPSA) is 32.8 Å². The Kier molecular flexibility index (Phi) is 4.67. The number of amides is 1. The van der Waals surface area contributed by atoms with Crippen LogP contribution in [0.4, 0.5) is 13.2 Å². The number of rotatable bonds is 2. The molecule has 0 radical (unpaired) electrons. The normalized spacial score (nSPS) is 26.5. The highest BCUT2D eigenvalue weighted by Crippen LogP contribution is 2.23. The zero-order valence-electron chi connectivity index (χ0n) is 10.8. The van der Waals surface area contributed by atoms with Crippen LogP contribution in [-0.4, -0.2) is 67.3 Å². The Labute approximate surface area is 110 Å². The number of carbonyl (C=O) groups excluding carboxylic acids is 1. The molecule has 2 saturated heterocycles. The molecule has 2 rings (SSSR count). The van der Waals surface area contributed by atoms with E-state index < -0.39 is 18.5 Å². The maximum atomic E-state index is 12.2. The van der Waals surface area contributed by atoms with E-state index >= 15 is 0 Å². The van der Waals surface area contributed by atoms with Gasteiger partial charge in [-0.05, 0) is 12.8 Å². The highest BCUT2D eigenvalue weighted by Gasteiger charge is 2.36. The Bertz CT molecular complexity index is 317. The summed E-state index contributed by atoms with van der Waals surface area (Å²) in [5, 5.41) is 0. The van der Waals surface area contributed by atoms with E-state index in [1.165, 1.54) is 4.90 Å². The van der Waals surface area contributed by atoms with Crippen LogP contribution in [0.2, 0.25) is 0 Å². The van der Waals surface area contributed by atoms with Crippen molar-refractivity contribution in [1.82, 2.24) is 9.80 Å². The number of morpholine rings is 1. The second kappa shape index (κ2) is 6.09. The van der Waals surface area contributed by atoms with Gasteiger partial charge in [0.05, 0.1) is 13.2 Å². The van der Waals surface area contributed by atoms with Crippen LogP contribution in [0.25, 0.3) is 0 Å². The van der Waals surface area contributed by atoms with Gasteiger partial charge < -0.3 is 9.64 Å². The highest BCUT2D eigenvalue weighted by molar-refractivity contribution is 5.77. The average Bonchev–Trinajstić information content (AvgIpc) is 2.38. The molecule has 2 fully saturated rings. The van der Waals surface area contributed by atoms with Gasteiger partial charge in [-0.3, -0.25) is 9.69 Å². The van der Waals surface area contributed by atoms with Crippen molar-refractivity contribution in [3.8, 4) is 0 Å². The first-order chi connectivity index (χ1) is 8.96. The quantitative estimate of drug-likeness (QED) is 0.763. The van der Waals surface area contributed by atoms with Crippen molar-refractivity contribution in [1.29, 1.82) is 0 Å². The summed E-state index contributed by atoms with van der Waals surface area (Å²) in [5.41, 5.74) is 0. The molecule has 7 heteroatoms. The van der Waals surface area contributed by atoms with Crippen LogP contribution in [0.5, 0.6) is 0 Å². The van der Waals surface area contributed by atoms with Gasteiger partial charge in [0.25, 0.3) is 0 Å². The van der Waals surface area contributed by atoms with E-state index in [1.807, 2.05) is 0 Å². The van der Waals surface area contributed by atoms with E-state index in [-0.39, 0.29) is 6.04 Å². The molecule has 1 amide bonds. The van der Waals surface area contributed by atoms with Gasteiger partial charge in [0.15, 0.2) is 0 Å². The zero-order chi connectivity index (χ0) is 13.9. The van der Waals surface area contributed by atoms with Crippen molar-refractivity contribution >= 4 is 5.91 Å². The summed E-state index contributed by atoms with van der Waals surface area (Å²) >= 11 is 0. The maximum Gasteiger partial charge on any atom is 0.397 e. The summed E-state index contributed by atoms with van der Waals surface area (Å²) in [5.74, 6) is -0.801. The largest absolute Gasteiger partial charge is 0.397 e. The number of nitrogens with zero attached hydrogens (tertiary/aromatic N) is 2. The molecule has 2 aliphatic heterocycles. The summed E-state index contributed by atoms with van der Waals surface area (Å²) < 4.78 is 42.0. The fourth-order valence-corrected chi connectivity index (χ4v) is 2.71. The third-order valence-electron chi connectivity index (χ3n) is 3.66. The van der Waals surface area contributed by atoms with E-state index in [9.17, 15) is 18.0 Å². The Morgan fingerprint density at radius 3 is 2.53 bits per heavy atom. The zero-order valence-corrected chi connectivity index (χ0v) is 10.8. The number of likely N-dealkylation sites (tertiary alicyclic amines) is 1. The second-order valence-corrected chi connectivity index (χ2v) is 5.08. The van der Waals surface area contributed by atoms with Gasteiger partial charge in [-0.2, -0.15) is 13.2 Å². The van der Waals surface area contributed by atoms with Gasteiger partial charge in [-0.25, -0.2) is 0 Å². The van der Waals surface area contributed by atoms with Crippen LogP contribution >= 0.6 is 0 Å². The third kappa shape index (κ3) is 4.35. The average molecular weight is 280 g/mol. The lowest BCUT2D eigenvalue weighted by Crippen LogP contribution is -2.53. The minimum atomic E-state index is -4.41. The number of carbonyl (C=O) groups is 1. The minimum Gasteiger partial charge on any atom is -0.379 e. The minimum absolute atomic E-state index is 0.176. The molecule has 0 N–H and O–H groups in total. The Balaban J connectivity index is 1.87. The lowest BCUT2D eigenvalue weighted by molar-refractivity contribution is -0.163. The van der Waals surface area contributed by atoms with E-state index in [1.54, 1.807) is 0 Å². The van der Waals surface area contributed by atoms with Gasteiger partial charge in [0, 0.05) is 32.2 Å². The Morgan fingerprint density at radius 2 is 1.89 bits per heavy atom. The molecule has 4 nitrogen and oxygen atoms in total. The van der Waals surface area contributed by atoms with Crippen molar-refractivity contribution in [2.45, 2.75) is 31.5 Å². The third-order valence-corrected chi connectivity index (χ3v) is 3.66. The Hall–Kier alpha value is -0.820. The van der Waals surface area contributed by atoms with Crippen LogP contribution in [0, 0.1) is 0 Å². The van der Waals surface area contributed by atoms with Crippen LogP contribution in [0.15, 0.2) is 0 Å². The van der Waals surface area contributed by atoms with Crippen molar-refractivity contribution < 1.29 is 22.7 Å². The number of ether oxygens (including phenoxy) is 1. The first-order valence-corrected chi connectivity index (χ1v) is 6.62. The molecule has 0 spiro atoms. The fraction of sp³-hybridized carbons (Fsp3) is 0.917. The number of hydrogen-bond acceptors (Lipinski definition) is 3. The van der Waals surface area contributed by atoms with Gasteiger partial charge in [0.2, 0.25) is 5.91 Å². The van der Waals surface area contributed by atoms with Gasteiger partial charge in [-0.1, -0.05) is 0 Å². The molecule has 0 aromatic carbocycles. The van der Waals surface area contributed by atoms with Crippen LogP contribution in [-0.2, 0) is 9.53 Å². The van der Waals surface area contributed by atoms with Crippen molar-refractivity contribution in [2.75, 3.05) is 39.4 Å². The smallest absolute Gasteiger partial charge is 0.379 e. The molecule has 19 heavy (non-hydrogen) atoms. The molecule has 0 saturated carbocycles. The maximum absolute atomic E-state index is 12.2. The molecule has 1 unspecified atom stereocenters. The molecule has 2 heterocycles. The molecule has 0 aromatic rings. The fourth-order valence-electron chi connectivity index (χ4n) is 2.71. The standard InChI is InChI=1S/C12H19F3N2O2/c13-12(14,15)8-11(18)17-3-1-2-10(9-17)16-4-6-19-7-5-16/h10H,1-9H2. The first kappa shape index (κ1) is 14.6. The number of hydrogen-bond donors (Lipinski definition) is 0. The number of halogens is 3. The summed E-state index contributed by atoms with van der Waals surface area (Å²) in [4.78, 5) is 15.2. The molecular weight excluding hydrogens is 261 g/mol. The van der Waals surface area contributed by atoms with Gasteiger partial charge in [0.1, 0.15) is 6.42 Å². The predicted octanol–water partition coefficient (Wildman–Crippen LogP) is 1.26. The Morgan fingerprint density at radius 1 is 1.21 bits per heavy atom. The van der Waals surface area contributed by atoms with Crippen LogP contribution in [0.1, 0.15) is 19.3 Å². The number of alkyl halides is 3. The van der Waals surface area contributed by atoms with Crippen LogP contribution in [0.3, 0.4) is 0 Å². The summed E-state index contributed by atoms with van der Waals surface area (Å²) in [6.07, 6.45) is -4.05. The van der Waals surface area contributed by atoms with Crippen molar-refractivity contribution in [3.63, 3.8) is 0 Å². The molecule has 0 aliphatic carbocycles. The number of piperidine rings is 1. The lowest BCUT2D eigenvalue weighted by Gasteiger charge is -2.40. The molecule has 2 aliphatic rings. The summed E-state index contributed by atoms with van der Waals surface area (Å²) in [6.45, 7) is 3.77. The lowest BCUT2D eigenvalue weighted by atomic mass is 10.0. The molecular formula is C12H19F3N2O2. The molecule has 0 bridgehead atoms. The monoisotopic (exact) mass is 280 g/mol. The highest BCUT2D eigenvalue weighted by atomic mass is 19.4. The van der Waals surface area contributed by atoms with E-state index in [0.29, 0.717) is 26.3 Å².